The van der Waals surface area contributed by atoms with Gasteiger partial charge < -0.3 is 10.6 Å². The smallest absolute Gasteiger partial charge is 0.319 e. The maximum absolute atomic E-state index is 12.6. The van der Waals surface area contributed by atoms with E-state index in [0.29, 0.717) is 23.4 Å². The van der Waals surface area contributed by atoms with Gasteiger partial charge in [-0.1, -0.05) is 63.9 Å². The molecule has 0 heterocycles. The Labute approximate surface area is 192 Å². The number of aryl methyl sites for hydroxylation is 1. The topological polar surface area (TPSA) is 41.1 Å². The van der Waals surface area contributed by atoms with Crippen molar-refractivity contribution >= 4 is 23.3 Å². The van der Waals surface area contributed by atoms with E-state index in [-0.39, 0.29) is 16.9 Å². The molecular weight excluding hydrogens is 404 g/mol. The highest BCUT2D eigenvalue weighted by atomic mass is 35.5. The van der Waals surface area contributed by atoms with Crippen molar-refractivity contribution in [3.05, 3.63) is 64.2 Å². The molecule has 0 aromatic heterocycles. The Hall–Kier alpha value is -2.00. The molecule has 1 saturated carbocycles. The van der Waals surface area contributed by atoms with E-state index in [2.05, 4.69) is 56.5 Å². The summed E-state index contributed by atoms with van der Waals surface area (Å²) in [5.74, 6) is 1.14. The van der Waals surface area contributed by atoms with E-state index in [1.54, 1.807) is 23.3 Å². The minimum atomic E-state index is -0.145. The van der Waals surface area contributed by atoms with Gasteiger partial charge in [0.1, 0.15) is 0 Å². The average molecular weight is 439 g/mol. The van der Waals surface area contributed by atoms with Crippen molar-refractivity contribution in [1.29, 1.82) is 0 Å². The number of rotatable bonds is 4. The minimum absolute atomic E-state index is 0.0960. The first kappa shape index (κ1) is 22.2. The Balaban J connectivity index is 1.49. The van der Waals surface area contributed by atoms with Gasteiger partial charge in [-0.3, -0.25) is 0 Å². The molecular formula is C27H35ClN2O. The van der Waals surface area contributed by atoms with E-state index in [1.807, 2.05) is 12.1 Å². The average Bonchev–Trinajstić information content (AvgIpc) is 2.73. The summed E-state index contributed by atoms with van der Waals surface area (Å²) < 4.78 is 0. The van der Waals surface area contributed by atoms with Gasteiger partial charge in [-0.15, -0.1) is 0 Å². The molecule has 4 heteroatoms. The fourth-order valence-corrected chi connectivity index (χ4v) is 6.33. The molecule has 2 N–H and O–H groups in total. The molecule has 3 unspecified atom stereocenters. The molecule has 166 valence electrons. The predicted octanol–water partition coefficient (Wildman–Crippen LogP) is 7.30. The van der Waals surface area contributed by atoms with Crippen LogP contribution >= 0.6 is 11.6 Å². The van der Waals surface area contributed by atoms with Gasteiger partial charge in [0, 0.05) is 17.3 Å². The van der Waals surface area contributed by atoms with E-state index >= 15 is 0 Å². The highest BCUT2D eigenvalue weighted by Crippen LogP contribution is 2.57. The van der Waals surface area contributed by atoms with Crippen molar-refractivity contribution in [2.75, 3.05) is 11.9 Å². The normalized spacial score (nSPS) is 27.4. The molecule has 0 aliphatic heterocycles. The van der Waals surface area contributed by atoms with Crippen LogP contribution < -0.4 is 10.6 Å². The second kappa shape index (κ2) is 8.50. The first-order valence-electron chi connectivity index (χ1n) is 11.6. The molecule has 0 bridgehead atoms. The first-order valence-corrected chi connectivity index (χ1v) is 12.0. The predicted molar refractivity (Wildman–Crippen MR) is 130 cm³/mol. The lowest BCUT2D eigenvalue weighted by Crippen LogP contribution is -2.53. The number of fused-ring (bicyclic) bond motifs is 3. The third-order valence-corrected chi connectivity index (χ3v) is 8.17. The molecule has 2 aliphatic rings. The number of nitrogens with one attached hydrogen (secondary N) is 2. The highest BCUT2D eigenvalue weighted by Gasteiger charge is 2.51. The fraction of sp³-hybridized carbons (Fsp3) is 0.519. The van der Waals surface area contributed by atoms with E-state index in [1.165, 1.54) is 24.8 Å². The number of anilines is 1. The van der Waals surface area contributed by atoms with Crippen LogP contribution in [-0.2, 0) is 11.8 Å². The maximum atomic E-state index is 12.6. The first-order chi connectivity index (χ1) is 14.7. The maximum Gasteiger partial charge on any atom is 0.319 e. The van der Waals surface area contributed by atoms with Crippen molar-refractivity contribution in [3.63, 3.8) is 0 Å². The van der Waals surface area contributed by atoms with Crippen LogP contribution in [0.25, 0.3) is 0 Å². The van der Waals surface area contributed by atoms with Crippen molar-refractivity contribution in [2.45, 2.75) is 71.1 Å². The summed E-state index contributed by atoms with van der Waals surface area (Å²) in [5, 5.41) is 6.77. The molecule has 2 aromatic rings. The van der Waals surface area contributed by atoms with E-state index in [0.717, 1.165) is 18.5 Å². The van der Waals surface area contributed by atoms with Gasteiger partial charge in [-0.25, -0.2) is 4.79 Å². The molecule has 0 radical (unpaired) electrons. The van der Waals surface area contributed by atoms with Gasteiger partial charge in [0.15, 0.2) is 0 Å². The second-order valence-corrected chi connectivity index (χ2v) is 10.8. The molecule has 2 aromatic carbocycles. The monoisotopic (exact) mass is 438 g/mol. The summed E-state index contributed by atoms with van der Waals surface area (Å²) in [6, 6.07) is 14.3. The second-order valence-electron chi connectivity index (χ2n) is 10.4. The van der Waals surface area contributed by atoms with Crippen LogP contribution in [-0.4, -0.2) is 12.6 Å². The Kier molecular flexibility index (Phi) is 6.09. The molecule has 3 nitrogen and oxygen atoms in total. The lowest BCUT2D eigenvalue weighted by molar-refractivity contribution is 0.0281. The van der Waals surface area contributed by atoms with Crippen molar-refractivity contribution < 1.29 is 4.79 Å². The number of carbonyl (C=O) groups excluding carboxylic acids is 1. The van der Waals surface area contributed by atoms with E-state index < -0.39 is 0 Å². The highest BCUT2D eigenvalue weighted by molar-refractivity contribution is 6.30. The summed E-state index contributed by atoms with van der Waals surface area (Å²) in [4.78, 5) is 12.6. The van der Waals surface area contributed by atoms with Gasteiger partial charge in [0.25, 0.3) is 0 Å². The van der Waals surface area contributed by atoms with E-state index in [9.17, 15) is 4.79 Å². The molecule has 2 aliphatic carbocycles. The SMILES string of the molecule is CC(C)c1ccc2c(c1)CCC1C(C)(CNC(=O)Nc3ccc(Cl)cc3)CCCC21C. The largest absolute Gasteiger partial charge is 0.337 e. The number of benzene rings is 2. The molecule has 3 atom stereocenters. The van der Waals surface area contributed by atoms with Gasteiger partial charge in [0.05, 0.1) is 0 Å². The Morgan fingerprint density at radius 2 is 1.87 bits per heavy atom. The summed E-state index contributed by atoms with van der Waals surface area (Å²) in [6.45, 7) is 10.1. The van der Waals surface area contributed by atoms with Crippen LogP contribution in [0, 0.1) is 11.3 Å². The Bertz CT molecular complexity index is 954. The van der Waals surface area contributed by atoms with Crippen LogP contribution in [0.4, 0.5) is 10.5 Å². The van der Waals surface area contributed by atoms with Gasteiger partial charge in [-0.2, -0.15) is 0 Å². The number of amides is 2. The van der Waals surface area contributed by atoms with Crippen LogP contribution in [0.1, 0.15) is 76.0 Å². The van der Waals surface area contributed by atoms with Crippen LogP contribution in [0.15, 0.2) is 42.5 Å². The molecule has 0 saturated heterocycles. The summed E-state index contributed by atoms with van der Waals surface area (Å²) in [6.07, 6.45) is 5.94. The van der Waals surface area contributed by atoms with Crippen LogP contribution in [0.2, 0.25) is 5.02 Å². The summed E-state index contributed by atoms with van der Waals surface area (Å²) in [5.41, 5.74) is 5.57. The number of hydrogen-bond acceptors (Lipinski definition) is 1. The zero-order valence-electron chi connectivity index (χ0n) is 19.2. The number of urea groups is 1. The van der Waals surface area contributed by atoms with Crippen molar-refractivity contribution in [2.24, 2.45) is 11.3 Å². The number of hydrogen-bond donors (Lipinski definition) is 2. The third-order valence-electron chi connectivity index (χ3n) is 7.92. The lowest BCUT2D eigenvalue weighted by Gasteiger charge is -2.55. The van der Waals surface area contributed by atoms with Gasteiger partial charge >= 0.3 is 6.03 Å². The third kappa shape index (κ3) is 4.35. The van der Waals surface area contributed by atoms with Crippen LogP contribution in [0.3, 0.4) is 0 Å². The molecule has 0 spiro atoms. The lowest BCUT2D eigenvalue weighted by atomic mass is 9.49. The molecule has 2 amide bonds. The van der Waals surface area contributed by atoms with E-state index in [4.69, 9.17) is 11.6 Å². The minimum Gasteiger partial charge on any atom is -0.337 e. The zero-order chi connectivity index (χ0) is 22.2. The quantitative estimate of drug-likeness (QED) is 0.516. The number of carbonyl (C=O) groups is 1. The molecule has 1 fully saturated rings. The zero-order valence-corrected chi connectivity index (χ0v) is 20.0. The molecule has 4 rings (SSSR count). The fourth-order valence-electron chi connectivity index (χ4n) is 6.21. The number of halogens is 1. The van der Waals surface area contributed by atoms with Crippen molar-refractivity contribution in [1.82, 2.24) is 5.32 Å². The summed E-state index contributed by atoms with van der Waals surface area (Å²) >= 11 is 5.94. The standard InChI is InChI=1S/C27H35ClN2O/c1-18(2)19-6-12-23-20(16-19)7-13-24-26(3,14-5-15-27(23,24)4)17-29-25(31)30-22-10-8-21(28)9-11-22/h6,8-12,16,18,24H,5,7,13-15,17H2,1-4H3,(H2,29,30,31). The van der Waals surface area contributed by atoms with Crippen LogP contribution in [0.5, 0.6) is 0 Å². The Morgan fingerprint density at radius 3 is 2.58 bits per heavy atom. The van der Waals surface area contributed by atoms with Gasteiger partial charge in [0.2, 0.25) is 0 Å². The van der Waals surface area contributed by atoms with Gasteiger partial charge in [-0.05, 0) is 89.3 Å². The summed E-state index contributed by atoms with van der Waals surface area (Å²) in [7, 11) is 0. The molecule has 31 heavy (non-hydrogen) atoms. The van der Waals surface area contributed by atoms with Crippen molar-refractivity contribution in [3.8, 4) is 0 Å². The Morgan fingerprint density at radius 1 is 1.13 bits per heavy atom.